The van der Waals surface area contributed by atoms with Crippen LogP contribution in [0, 0.1) is 0 Å². The van der Waals surface area contributed by atoms with Gasteiger partial charge in [-0.05, 0) is 47.1 Å². The van der Waals surface area contributed by atoms with Gasteiger partial charge >= 0.3 is 0 Å². The van der Waals surface area contributed by atoms with Crippen LogP contribution in [0.1, 0.15) is 29.8 Å². The first-order chi connectivity index (χ1) is 9.65. The summed E-state index contributed by atoms with van der Waals surface area (Å²) in [5.41, 5.74) is 2.67. The summed E-state index contributed by atoms with van der Waals surface area (Å²) < 4.78 is 1.17. The van der Waals surface area contributed by atoms with Crippen LogP contribution in [0.25, 0.3) is 0 Å². The SMILES string of the molecule is CCC(NC)c1ccccc1N(C)Cc1cc(Br)cs1. The molecule has 1 atom stereocenters. The van der Waals surface area contributed by atoms with Gasteiger partial charge in [0.1, 0.15) is 0 Å². The molecule has 0 saturated heterocycles. The molecule has 1 unspecified atom stereocenters. The highest BCUT2D eigenvalue weighted by molar-refractivity contribution is 9.10. The third-order valence-electron chi connectivity index (χ3n) is 3.49. The Morgan fingerprint density at radius 1 is 1.35 bits per heavy atom. The molecule has 1 aromatic carbocycles. The van der Waals surface area contributed by atoms with Crippen molar-refractivity contribution in [2.75, 3.05) is 19.0 Å². The van der Waals surface area contributed by atoms with Crippen molar-refractivity contribution in [2.24, 2.45) is 0 Å². The van der Waals surface area contributed by atoms with Gasteiger partial charge in [-0.2, -0.15) is 0 Å². The number of rotatable bonds is 6. The Balaban J connectivity index is 2.23. The van der Waals surface area contributed by atoms with Crippen molar-refractivity contribution in [3.05, 3.63) is 50.6 Å². The van der Waals surface area contributed by atoms with E-state index in [0.717, 1.165) is 13.0 Å². The molecule has 4 heteroatoms. The molecule has 0 aliphatic rings. The van der Waals surface area contributed by atoms with E-state index in [1.807, 2.05) is 7.05 Å². The van der Waals surface area contributed by atoms with Gasteiger partial charge in [0.05, 0.1) is 6.54 Å². The topological polar surface area (TPSA) is 15.3 Å². The highest BCUT2D eigenvalue weighted by Gasteiger charge is 2.14. The van der Waals surface area contributed by atoms with E-state index in [1.54, 1.807) is 11.3 Å². The van der Waals surface area contributed by atoms with Crippen LogP contribution >= 0.6 is 27.3 Å². The van der Waals surface area contributed by atoms with Crippen LogP contribution in [-0.4, -0.2) is 14.1 Å². The molecule has 20 heavy (non-hydrogen) atoms. The lowest BCUT2D eigenvalue weighted by Gasteiger charge is -2.25. The fraction of sp³-hybridized carbons (Fsp3) is 0.375. The van der Waals surface area contributed by atoms with Crippen LogP contribution in [0.3, 0.4) is 0 Å². The second kappa shape index (κ2) is 7.25. The lowest BCUT2D eigenvalue weighted by Crippen LogP contribution is -2.22. The lowest BCUT2D eigenvalue weighted by atomic mass is 10.0. The largest absolute Gasteiger partial charge is 0.369 e. The van der Waals surface area contributed by atoms with Crippen molar-refractivity contribution in [2.45, 2.75) is 25.9 Å². The van der Waals surface area contributed by atoms with E-state index in [0.29, 0.717) is 6.04 Å². The van der Waals surface area contributed by atoms with Gasteiger partial charge in [0, 0.05) is 33.5 Å². The third-order valence-corrected chi connectivity index (χ3v) is 5.18. The van der Waals surface area contributed by atoms with Crippen molar-refractivity contribution in [3.8, 4) is 0 Å². The molecule has 0 spiro atoms. The third kappa shape index (κ3) is 3.62. The maximum Gasteiger partial charge on any atom is 0.0520 e. The zero-order chi connectivity index (χ0) is 14.5. The molecule has 1 N–H and O–H groups in total. The summed E-state index contributed by atoms with van der Waals surface area (Å²) in [5.74, 6) is 0. The summed E-state index contributed by atoms with van der Waals surface area (Å²) in [7, 11) is 4.19. The molecule has 2 rings (SSSR count). The van der Waals surface area contributed by atoms with E-state index >= 15 is 0 Å². The average molecular weight is 353 g/mol. The highest BCUT2D eigenvalue weighted by Crippen LogP contribution is 2.29. The predicted molar refractivity (Wildman–Crippen MR) is 92.7 cm³/mol. The zero-order valence-electron chi connectivity index (χ0n) is 12.2. The number of anilines is 1. The Morgan fingerprint density at radius 3 is 2.70 bits per heavy atom. The monoisotopic (exact) mass is 352 g/mol. The lowest BCUT2D eigenvalue weighted by molar-refractivity contribution is 0.576. The maximum atomic E-state index is 3.52. The van der Waals surface area contributed by atoms with E-state index in [2.05, 4.69) is 75.8 Å². The molecular weight excluding hydrogens is 332 g/mol. The summed E-state index contributed by atoms with van der Waals surface area (Å²) in [5, 5.41) is 5.54. The van der Waals surface area contributed by atoms with Crippen molar-refractivity contribution < 1.29 is 0 Å². The number of halogens is 1. The Labute approximate surface area is 133 Å². The van der Waals surface area contributed by atoms with Crippen LogP contribution in [0.15, 0.2) is 40.2 Å². The van der Waals surface area contributed by atoms with Gasteiger partial charge in [-0.1, -0.05) is 25.1 Å². The first kappa shape index (κ1) is 15.5. The van der Waals surface area contributed by atoms with Gasteiger partial charge < -0.3 is 10.2 Å². The van der Waals surface area contributed by atoms with Gasteiger partial charge in [0.2, 0.25) is 0 Å². The van der Waals surface area contributed by atoms with Gasteiger partial charge in [-0.3, -0.25) is 0 Å². The first-order valence-corrected chi connectivity index (χ1v) is 8.53. The predicted octanol–water partition coefficient (Wildman–Crippen LogP) is 4.82. The Morgan fingerprint density at radius 2 is 2.10 bits per heavy atom. The van der Waals surface area contributed by atoms with Gasteiger partial charge in [-0.25, -0.2) is 0 Å². The molecule has 1 heterocycles. The molecule has 0 bridgehead atoms. The molecule has 0 aliphatic carbocycles. The standard InChI is InChI=1S/C16H21BrN2S/c1-4-15(18-2)14-7-5-6-8-16(14)19(3)10-13-9-12(17)11-20-13/h5-9,11,15,18H,4,10H2,1-3H3. The van der Waals surface area contributed by atoms with Crippen molar-refractivity contribution in [1.82, 2.24) is 5.32 Å². The van der Waals surface area contributed by atoms with Crippen LogP contribution in [0.2, 0.25) is 0 Å². The van der Waals surface area contributed by atoms with Crippen molar-refractivity contribution >= 4 is 33.0 Å². The second-order valence-electron chi connectivity index (χ2n) is 4.90. The number of hydrogen-bond acceptors (Lipinski definition) is 3. The number of benzene rings is 1. The molecule has 0 aliphatic heterocycles. The smallest absolute Gasteiger partial charge is 0.0520 e. The van der Waals surface area contributed by atoms with Crippen molar-refractivity contribution in [3.63, 3.8) is 0 Å². The summed E-state index contributed by atoms with van der Waals surface area (Å²) in [4.78, 5) is 3.69. The summed E-state index contributed by atoms with van der Waals surface area (Å²) in [6.45, 7) is 3.15. The first-order valence-electron chi connectivity index (χ1n) is 6.86. The van der Waals surface area contributed by atoms with Crippen molar-refractivity contribution in [1.29, 1.82) is 0 Å². The molecule has 0 fully saturated rings. The number of nitrogens with zero attached hydrogens (tertiary/aromatic N) is 1. The van der Waals surface area contributed by atoms with E-state index in [-0.39, 0.29) is 0 Å². The van der Waals surface area contributed by atoms with E-state index < -0.39 is 0 Å². The average Bonchev–Trinajstić information content (AvgIpc) is 2.86. The minimum absolute atomic E-state index is 0.406. The molecule has 1 aromatic heterocycles. The Hall–Kier alpha value is -0.840. The van der Waals surface area contributed by atoms with Gasteiger partial charge in [-0.15, -0.1) is 11.3 Å². The van der Waals surface area contributed by atoms with E-state index in [9.17, 15) is 0 Å². The summed E-state index contributed by atoms with van der Waals surface area (Å²) in [6.07, 6.45) is 1.09. The van der Waals surface area contributed by atoms with Crippen LogP contribution in [0.5, 0.6) is 0 Å². The number of nitrogens with one attached hydrogen (secondary N) is 1. The fourth-order valence-electron chi connectivity index (χ4n) is 2.47. The normalized spacial score (nSPS) is 12.4. The van der Waals surface area contributed by atoms with E-state index in [1.165, 1.54) is 20.6 Å². The molecule has 2 nitrogen and oxygen atoms in total. The summed E-state index contributed by atoms with van der Waals surface area (Å²) in [6, 6.07) is 11.3. The van der Waals surface area contributed by atoms with Gasteiger partial charge in [0.25, 0.3) is 0 Å². The van der Waals surface area contributed by atoms with Gasteiger partial charge in [0.15, 0.2) is 0 Å². The molecule has 0 saturated carbocycles. The quantitative estimate of drug-likeness (QED) is 0.801. The van der Waals surface area contributed by atoms with Crippen LogP contribution in [-0.2, 0) is 6.54 Å². The molecule has 0 amide bonds. The van der Waals surface area contributed by atoms with E-state index in [4.69, 9.17) is 0 Å². The summed E-state index contributed by atoms with van der Waals surface area (Å²) >= 11 is 5.31. The Kier molecular flexibility index (Phi) is 5.64. The molecular formula is C16H21BrN2S. The Bertz CT molecular complexity index is 549. The maximum absolute atomic E-state index is 3.52. The molecule has 0 radical (unpaired) electrons. The highest BCUT2D eigenvalue weighted by atomic mass is 79.9. The number of hydrogen-bond donors (Lipinski definition) is 1. The fourth-order valence-corrected chi connectivity index (χ4v) is 3.97. The molecule has 108 valence electrons. The minimum atomic E-state index is 0.406. The second-order valence-corrected chi connectivity index (χ2v) is 6.81. The number of para-hydroxylation sites is 1. The molecule has 2 aromatic rings. The minimum Gasteiger partial charge on any atom is -0.369 e. The zero-order valence-corrected chi connectivity index (χ0v) is 14.6. The van der Waals surface area contributed by atoms with Crippen LogP contribution < -0.4 is 10.2 Å². The number of thiophene rings is 1. The van der Waals surface area contributed by atoms with Crippen LogP contribution in [0.4, 0.5) is 5.69 Å².